The number of alkyl halides is 1. The van der Waals surface area contributed by atoms with Crippen LogP contribution in [0.1, 0.15) is 0 Å². The smallest absolute Gasteiger partial charge is 0.267 e. The molecule has 1 aromatic heterocycles. The fourth-order valence-electron chi connectivity index (χ4n) is 0.674. The minimum Gasteiger partial charge on any atom is -0.297 e. The fraction of sp³-hybridized carbons (Fsp3) is 0.333. The summed E-state index contributed by atoms with van der Waals surface area (Å²) in [4.78, 5) is 15.0. The summed E-state index contributed by atoms with van der Waals surface area (Å²) in [7, 11) is 0. The average molecular weight is 237 g/mol. The Balaban J connectivity index is 3.07. The van der Waals surface area contributed by atoms with Crippen molar-refractivity contribution in [3.8, 4) is 0 Å². The van der Waals surface area contributed by atoms with Crippen molar-refractivity contribution in [1.82, 2.24) is 9.55 Å². The van der Waals surface area contributed by atoms with E-state index in [9.17, 15) is 4.79 Å². The first-order chi connectivity index (χ1) is 5.25. The lowest BCUT2D eigenvalue weighted by atomic mass is 10.6. The Labute approximate surface area is 77.1 Å². The van der Waals surface area contributed by atoms with Crippen LogP contribution in [0.2, 0.25) is 0 Å². The first-order valence-electron chi connectivity index (χ1n) is 3.01. The maximum absolute atomic E-state index is 11.2. The number of hydrogen-bond acceptors (Lipinski definition) is 2. The van der Waals surface area contributed by atoms with Crippen LogP contribution in [0.4, 0.5) is 0 Å². The van der Waals surface area contributed by atoms with Gasteiger partial charge < -0.3 is 0 Å². The van der Waals surface area contributed by atoms with Gasteiger partial charge >= 0.3 is 0 Å². The van der Waals surface area contributed by atoms with E-state index in [0.29, 0.717) is 16.9 Å². The number of aromatic nitrogens is 2. The fourth-order valence-corrected chi connectivity index (χ4v) is 1.20. The second kappa shape index (κ2) is 3.88. The molecule has 0 saturated carbocycles. The normalized spacial score (nSPS) is 10.0. The van der Waals surface area contributed by atoms with Gasteiger partial charge in [0.1, 0.15) is 4.47 Å². The van der Waals surface area contributed by atoms with E-state index in [2.05, 4.69) is 20.9 Å². The van der Waals surface area contributed by atoms with E-state index in [0.717, 1.165) is 0 Å². The number of hydrogen-bond donors (Lipinski definition) is 0. The summed E-state index contributed by atoms with van der Waals surface area (Å²) in [5.41, 5.74) is -0.0966. The zero-order chi connectivity index (χ0) is 8.27. The highest BCUT2D eigenvalue weighted by atomic mass is 79.9. The Morgan fingerprint density at radius 3 is 3.09 bits per heavy atom. The largest absolute Gasteiger partial charge is 0.297 e. The van der Waals surface area contributed by atoms with Gasteiger partial charge in [0.15, 0.2) is 0 Å². The molecule has 11 heavy (non-hydrogen) atoms. The van der Waals surface area contributed by atoms with Crippen molar-refractivity contribution in [3.05, 3.63) is 27.4 Å². The van der Waals surface area contributed by atoms with Gasteiger partial charge in [-0.15, -0.1) is 11.6 Å². The highest BCUT2D eigenvalue weighted by Gasteiger charge is 1.98. The van der Waals surface area contributed by atoms with Crippen LogP contribution in [0.25, 0.3) is 0 Å². The second-order valence-corrected chi connectivity index (χ2v) is 3.16. The second-order valence-electron chi connectivity index (χ2n) is 1.93. The van der Waals surface area contributed by atoms with Gasteiger partial charge in [-0.1, -0.05) is 0 Å². The average Bonchev–Trinajstić information content (AvgIpc) is 1.99. The first kappa shape index (κ1) is 8.74. The van der Waals surface area contributed by atoms with Gasteiger partial charge in [0.25, 0.3) is 5.56 Å². The minimum absolute atomic E-state index is 0.0966. The van der Waals surface area contributed by atoms with Crippen molar-refractivity contribution in [2.45, 2.75) is 6.54 Å². The molecule has 0 saturated heterocycles. The monoisotopic (exact) mass is 236 g/mol. The number of nitrogens with zero attached hydrogens (tertiary/aromatic N) is 2. The molecule has 0 unspecified atom stereocenters. The van der Waals surface area contributed by atoms with E-state index in [4.69, 9.17) is 11.6 Å². The van der Waals surface area contributed by atoms with Crippen molar-refractivity contribution in [2.75, 3.05) is 5.88 Å². The van der Waals surface area contributed by atoms with Gasteiger partial charge in [0, 0.05) is 18.6 Å². The van der Waals surface area contributed by atoms with E-state index in [1.165, 1.54) is 17.1 Å². The van der Waals surface area contributed by atoms with Crippen LogP contribution < -0.4 is 5.56 Å². The molecule has 0 amide bonds. The lowest BCUT2D eigenvalue weighted by Crippen LogP contribution is -2.21. The quantitative estimate of drug-likeness (QED) is 0.726. The van der Waals surface area contributed by atoms with Gasteiger partial charge in [-0.2, -0.15) is 0 Å². The molecule has 0 aliphatic carbocycles. The highest BCUT2D eigenvalue weighted by molar-refractivity contribution is 9.10. The van der Waals surface area contributed by atoms with Crippen LogP contribution in [-0.4, -0.2) is 15.4 Å². The molecule has 0 atom stereocenters. The molecular weight excluding hydrogens is 231 g/mol. The summed E-state index contributed by atoms with van der Waals surface area (Å²) in [5.74, 6) is 0.415. The molecule has 0 bridgehead atoms. The van der Waals surface area contributed by atoms with E-state index in [-0.39, 0.29) is 5.56 Å². The predicted octanol–water partition coefficient (Wildman–Crippen LogP) is 1.24. The molecule has 0 fully saturated rings. The minimum atomic E-state index is -0.0966. The molecule has 0 radical (unpaired) electrons. The van der Waals surface area contributed by atoms with Crippen LogP contribution in [-0.2, 0) is 6.54 Å². The van der Waals surface area contributed by atoms with Crippen LogP contribution in [0.3, 0.4) is 0 Å². The Hall–Kier alpha value is -0.350. The maximum atomic E-state index is 11.2. The highest BCUT2D eigenvalue weighted by Crippen LogP contribution is 1.97. The Bertz CT molecular complexity index is 299. The lowest BCUT2D eigenvalue weighted by molar-refractivity contribution is 0.706. The molecule has 3 nitrogen and oxygen atoms in total. The van der Waals surface area contributed by atoms with Crippen LogP contribution >= 0.6 is 27.5 Å². The van der Waals surface area contributed by atoms with Crippen molar-refractivity contribution in [3.63, 3.8) is 0 Å². The third kappa shape index (κ3) is 2.04. The van der Waals surface area contributed by atoms with Crippen LogP contribution in [0, 0.1) is 0 Å². The first-order valence-corrected chi connectivity index (χ1v) is 4.34. The third-order valence-electron chi connectivity index (χ3n) is 1.18. The number of aryl methyl sites for hydroxylation is 1. The van der Waals surface area contributed by atoms with Gasteiger partial charge in [0.05, 0.1) is 6.33 Å². The standard InChI is InChI=1S/C6H6BrClN2O/c7-5-3-9-4-10(2-1-8)6(5)11/h3-4H,1-2H2. The SMILES string of the molecule is O=c1c(Br)cncn1CCCl. The molecule has 1 heterocycles. The van der Waals surface area contributed by atoms with Crippen LogP contribution in [0.15, 0.2) is 21.8 Å². The van der Waals surface area contributed by atoms with Crippen molar-refractivity contribution in [1.29, 1.82) is 0 Å². The maximum Gasteiger partial charge on any atom is 0.267 e. The van der Waals surface area contributed by atoms with Crippen LogP contribution in [0.5, 0.6) is 0 Å². The summed E-state index contributed by atoms with van der Waals surface area (Å²) in [6, 6.07) is 0. The Kier molecular flexibility index (Phi) is 3.08. The molecule has 0 aliphatic heterocycles. The molecule has 1 rings (SSSR count). The zero-order valence-corrected chi connectivity index (χ0v) is 7.97. The summed E-state index contributed by atoms with van der Waals surface area (Å²) in [5, 5.41) is 0. The molecule has 0 spiro atoms. The summed E-state index contributed by atoms with van der Waals surface area (Å²) >= 11 is 8.53. The van der Waals surface area contributed by atoms with Gasteiger partial charge in [-0.25, -0.2) is 4.98 Å². The number of rotatable bonds is 2. The van der Waals surface area contributed by atoms with Gasteiger partial charge in [-0.3, -0.25) is 9.36 Å². The molecule has 0 aliphatic rings. The summed E-state index contributed by atoms with van der Waals surface area (Å²) in [6.45, 7) is 0.493. The lowest BCUT2D eigenvalue weighted by Gasteiger charge is -2.00. The van der Waals surface area contributed by atoms with Gasteiger partial charge in [0.2, 0.25) is 0 Å². The zero-order valence-electron chi connectivity index (χ0n) is 5.63. The van der Waals surface area contributed by atoms with E-state index in [1.807, 2.05) is 0 Å². The number of halogens is 2. The van der Waals surface area contributed by atoms with Crippen molar-refractivity contribution in [2.24, 2.45) is 0 Å². The molecule has 1 aromatic rings. The van der Waals surface area contributed by atoms with Crippen molar-refractivity contribution < 1.29 is 0 Å². The molecule has 0 aromatic carbocycles. The topological polar surface area (TPSA) is 34.9 Å². The molecule has 0 N–H and O–H groups in total. The molecular formula is C6H6BrClN2O. The molecule has 5 heteroatoms. The third-order valence-corrected chi connectivity index (χ3v) is 1.90. The Morgan fingerprint density at radius 1 is 1.73 bits per heavy atom. The van der Waals surface area contributed by atoms with E-state index < -0.39 is 0 Å². The van der Waals surface area contributed by atoms with Crippen molar-refractivity contribution >= 4 is 27.5 Å². The molecule has 60 valence electrons. The van der Waals surface area contributed by atoms with Gasteiger partial charge in [-0.05, 0) is 15.9 Å². The Morgan fingerprint density at radius 2 is 2.45 bits per heavy atom. The van der Waals surface area contributed by atoms with E-state index >= 15 is 0 Å². The summed E-state index contributed by atoms with van der Waals surface area (Å²) < 4.78 is 1.92. The predicted molar refractivity (Wildman–Crippen MR) is 46.9 cm³/mol. The summed E-state index contributed by atoms with van der Waals surface area (Å²) in [6.07, 6.45) is 2.93. The van der Waals surface area contributed by atoms with E-state index in [1.54, 1.807) is 0 Å².